The molecule has 0 saturated carbocycles. The highest BCUT2D eigenvalue weighted by Gasteiger charge is 2.36. The number of carbonyl (C=O) groups is 1. The number of nitrogens with zero attached hydrogens (tertiary/aromatic N) is 1. The molecule has 5 nitrogen and oxygen atoms in total. The molecule has 2 aromatic carbocycles. The Kier molecular flexibility index (Phi) is 5.91. The first-order valence-corrected chi connectivity index (χ1v) is 8.95. The van der Waals surface area contributed by atoms with Gasteiger partial charge in [0.05, 0.1) is 25.4 Å². The number of amides is 1. The molecule has 5 heteroatoms. The smallest absolute Gasteiger partial charge is 0.254 e. The molecule has 0 radical (unpaired) electrons. The van der Waals surface area contributed by atoms with E-state index in [1.54, 1.807) is 17.0 Å². The van der Waals surface area contributed by atoms with Crippen LogP contribution in [0, 0.1) is 0 Å². The summed E-state index contributed by atoms with van der Waals surface area (Å²) in [6, 6.07) is 16.6. The van der Waals surface area contributed by atoms with E-state index >= 15 is 0 Å². The Morgan fingerprint density at radius 1 is 1.19 bits per heavy atom. The highest BCUT2D eigenvalue weighted by Crippen LogP contribution is 2.31. The number of ether oxygens (including phenoxy) is 2. The number of aliphatic hydroxyl groups is 1. The predicted molar refractivity (Wildman–Crippen MR) is 99.3 cm³/mol. The molecule has 1 aliphatic rings. The van der Waals surface area contributed by atoms with Crippen LogP contribution in [0.15, 0.2) is 54.6 Å². The molecule has 2 atom stereocenters. The molecule has 26 heavy (non-hydrogen) atoms. The van der Waals surface area contributed by atoms with Crippen LogP contribution in [0.5, 0.6) is 5.75 Å². The summed E-state index contributed by atoms with van der Waals surface area (Å²) < 4.78 is 11.4. The number of hydrogen-bond acceptors (Lipinski definition) is 4. The molecule has 1 amide bonds. The van der Waals surface area contributed by atoms with E-state index in [1.807, 2.05) is 56.3 Å². The topological polar surface area (TPSA) is 59.0 Å². The van der Waals surface area contributed by atoms with Gasteiger partial charge in [-0.1, -0.05) is 30.3 Å². The fraction of sp³-hybridized carbons (Fsp3) is 0.381. The van der Waals surface area contributed by atoms with E-state index in [4.69, 9.17) is 9.47 Å². The van der Waals surface area contributed by atoms with Gasteiger partial charge >= 0.3 is 0 Å². The minimum absolute atomic E-state index is 0.0725. The summed E-state index contributed by atoms with van der Waals surface area (Å²) in [7, 11) is 0. The van der Waals surface area contributed by atoms with Crippen LogP contribution in [0.1, 0.15) is 35.8 Å². The summed E-state index contributed by atoms with van der Waals surface area (Å²) in [6.45, 7) is 4.69. The van der Waals surface area contributed by atoms with Crippen LogP contribution in [-0.4, -0.2) is 47.9 Å². The average Bonchev–Trinajstić information content (AvgIpc) is 2.67. The Labute approximate surface area is 154 Å². The Morgan fingerprint density at radius 2 is 1.88 bits per heavy atom. The number of rotatable bonds is 5. The molecule has 0 aliphatic carbocycles. The molecular weight excluding hydrogens is 330 g/mol. The van der Waals surface area contributed by atoms with Gasteiger partial charge in [-0.15, -0.1) is 0 Å². The Bertz CT molecular complexity index is 715. The zero-order valence-electron chi connectivity index (χ0n) is 15.2. The zero-order valence-corrected chi connectivity index (χ0v) is 15.2. The molecular formula is C21H25NO4. The van der Waals surface area contributed by atoms with Gasteiger partial charge in [-0.2, -0.15) is 0 Å². The molecule has 0 aromatic heterocycles. The quantitative estimate of drug-likeness (QED) is 0.896. The van der Waals surface area contributed by atoms with Crippen LogP contribution >= 0.6 is 0 Å². The van der Waals surface area contributed by atoms with Gasteiger partial charge in [0.25, 0.3) is 5.91 Å². The van der Waals surface area contributed by atoms with Gasteiger partial charge in [-0.05, 0) is 43.7 Å². The maximum absolute atomic E-state index is 13.1. The number of carbonyl (C=O) groups excluding carboxylic acids is 1. The molecule has 1 N–H and O–H groups in total. The van der Waals surface area contributed by atoms with E-state index in [2.05, 4.69) is 0 Å². The van der Waals surface area contributed by atoms with Crippen molar-refractivity contribution in [3.05, 3.63) is 65.7 Å². The second kappa shape index (κ2) is 8.34. The van der Waals surface area contributed by atoms with Crippen LogP contribution in [0.4, 0.5) is 0 Å². The van der Waals surface area contributed by atoms with Crippen molar-refractivity contribution < 1.29 is 19.4 Å². The van der Waals surface area contributed by atoms with Crippen LogP contribution in [0.3, 0.4) is 0 Å². The lowest BCUT2D eigenvalue weighted by Gasteiger charge is -2.41. The van der Waals surface area contributed by atoms with E-state index < -0.39 is 6.10 Å². The van der Waals surface area contributed by atoms with Gasteiger partial charge in [0.2, 0.25) is 0 Å². The van der Waals surface area contributed by atoms with Gasteiger partial charge in [0.1, 0.15) is 11.9 Å². The van der Waals surface area contributed by atoms with Crippen molar-refractivity contribution in [3.63, 3.8) is 0 Å². The molecule has 0 bridgehead atoms. The minimum atomic E-state index is -0.432. The van der Waals surface area contributed by atoms with E-state index in [0.29, 0.717) is 18.7 Å². The fourth-order valence-corrected chi connectivity index (χ4v) is 3.27. The SMILES string of the molecule is CC(C)Oc1ccc(C(=O)N2CCO[C@H](CO)[C@H]2c2ccccc2)cc1. The van der Waals surface area contributed by atoms with Crippen LogP contribution in [0.2, 0.25) is 0 Å². The standard InChI is InChI=1S/C21H25NO4/c1-15(2)26-18-10-8-17(9-11-18)21(24)22-12-13-25-19(14-23)20(22)16-6-4-3-5-7-16/h3-11,15,19-20,23H,12-14H2,1-2H3/t19-,20-/m1/s1. The number of benzene rings is 2. The third-order valence-corrected chi connectivity index (χ3v) is 4.41. The third kappa shape index (κ3) is 4.06. The Hall–Kier alpha value is -2.37. The lowest BCUT2D eigenvalue weighted by molar-refractivity contribution is -0.0811. The maximum Gasteiger partial charge on any atom is 0.254 e. The number of aliphatic hydroxyl groups excluding tert-OH is 1. The van der Waals surface area contributed by atoms with E-state index in [0.717, 1.165) is 11.3 Å². The van der Waals surface area contributed by atoms with Crippen molar-refractivity contribution in [1.29, 1.82) is 0 Å². The van der Waals surface area contributed by atoms with Gasteiger partial charge in [0.15, 0.2) is 0 Å². The number of morpholine rings is 1. The summed E-state index contributed by atoms with van der Waals surface area (Å²) >= 11 is 0. The first-order valence-electron chi connectivity index (χ1n) is 8.95. The van der Waals surface area contributed by atoms with Gasteiger partial charge in [-0.25, -0.2) is 0 Å². The van der Waals surface area contributed by atoms with Gasteiger partial charge in [0, 0.05) is 12.1 Å². The largest absolute Gasteiger partial charge is 0.491 e. The van der Waals surface area contributed by atoms with Crippen LogP contribution < -0.4 is 4.74 Å². The maximum atomic E-state index is 13.1. The second-order valence-corrected chi connectivity index (χ2v) is 6.64. The van der Waals surface area contributed by atoms with E-state index in [9.17, 15) is 9.90 Å². The van der Waals surface area contributed by atoms with Gasteiger partial charge < -0.3 is 19.5 Å². The predicted octanol–water partition coefficient (Wildman–Crippen LogP) is 3.05. The first-order chi connectivity index (χ1) is 12.6. The second-order valence-electron chi connectivity index (χ2n) is 6.64. The lowest BCUT2D eigenvalue weighted by Crippen LogP contribution is -2.49. The molecule has 138 valence electrons. The average molecular weight is 355 g/mol. The van der Waals surface area contributed by atoms with Crippen molar-refractivity contribution in [1.82, 2.24) is 4.90 Å². The zero-order chi connectivity index (χ0) is 18.5. The molecule has 2 aromatic rings. The molecule has 1 aliphatic heterocycles. The summed E-state index contributed by atoms with van der Waals surface area (Å²) in [6.07, 6.45) is -0.345. The van der Waals surface area contributed by atoms with Crippen LogP contribution in [-0.2, 0) is 4.74 Å². The van der Waals surface area contributed by atoms with E-state index in [-0.39, 0.29) is 24.7 Å². The summed E-state index contributed by atoms with van der Waals surface area (Å²) in [4.78, 5) is 14.9. The van der Waals surface area contributed by atoms with Crippen molar-refractivity contribution >= 4 is 5.91 Å². The summed E-state index contributed by atoms with van der Waals surface area (Å²) in [5.41, 5.74) is 1.56. The van der Waals surface area contributed by atoms with Crippen molar-refractivity contribution in [2.75, 3.05) is 19.8 Å². The van der Waals surface area contributed by atoms with Crippen molar-refractivity contribution in [2.45, 2.75) is 32.1 Å². The number of hydrogen-bond donors (Lipinski definition) is 1. The van der Waals surface area contributed by atoms with E-state index in [1.165, 1.54) is 0 Å². The fourth-order valence-electron chi connectivity index (χ4n) is 3.27. The monoisotopic (exact) mass is 355 g/mol. The summed E-state index contributed by atoms with van der Waals surface area (Å²) in [5, 5.41) is 9.73. The molecule has 0 unspecified atom stereocenters. The Morgan fingerprint density at radius 3 is 2.50 bits per heavy atom. The molecule has 0 spiro atoms. The lowest BCUT2D eigenvalue weighted by atomic mass is 9.97. The molecule has 1 heterocycles. The summed E-state index contributed by atoms with van der Waals surface area (Å²) in [5.74, 6) is 0.670. The molecule has 1 saturated heterocycles. The minimum Gasteiger partial charge on any atom is -0.491 e. The highest BCUT2D eigenvalue weighted by molar-refractivity contribution is 5.94. The first kappa shape index (κ1) is 18.4. The molecule has 1 fully saturated rings. The normalized spacial score (nSPS) is 20.2. The highest BCUT2D eigenvalue weighted by atomic mass is 16.5. The van der Waals surface area contributed by atoms with Crippen molar-refractivity contribution in [3.8, 4) is 5.75 Å². The van der Waals surface area contributed by atoms with Crippen LogP contribution in [0.25, 0.3) is 0 Å². The van der Waals surface area contributed by atoms with Crippen molar-refractivity contribution in [2.24, 2.45) is 0 Å². The van der Waals surface area contributed by atoms with Gasteiger partial charge in [-0.3, -0.25) is 4.79 Å². The third-order valence-electron chi connectivity index (χ3n) is 4.41. The Balaban J connectivity index is 1.86. The molecule has 3 rings (SSSR count).